The first-order valence-electron chi connectivity index (χ1n) is 11.3. The predicted octanol–water partition coefficient (Wildman–Crippen LogP) is 4.33. The molecule has 1 spiro atoms. The lowest BCUT2D eigenvalue weighted by atomic mass is 9.88. The zero-order valence-corrected chi connectivity index (χ0v) is 18.4. The minimum atomic E-state index is -0.140. The molecule has 0 radical (unpaired) electrons. The molecule has 0 aromatic heterocycles. The minimum absolute atomic E-state index is 0.0252. The van der Waals surface area contributed by atoms with Crippen molar-refractivity contribution >= 4 is 5.91 Å². The van der Waals surface area contributed by atoms with E-state index in [1.807, 2.05) is 24.3 Å². The molecule has 0 saturated carbocycles. The van der Waals surface area contributed by atoms with Gasteiger partial charge in [-0.1, -0.05) is 36.9 Å². The average Bonchev–Trinajstić information content (AvgIpc) is 3.22. The highest BCUT2D eigenvalue weighted by atomic mass is 19.1. The van der Waals surface area contributed by atoms with Gasteiger partial charge in [-0.15, -0.1) is 0 Å². The van der Waals surface area contributed by atoms with Crippen LogP contribution in [-0.4, -0.2) is 48.8 Å². The summed E-state index contributed by atoms with van der Waals surface area (Å²) in [6.45, 7) is 6.96. The number of benzene rings is 2. The first kappa shape index (κ1) is 22.5. The number of hydrogen-bond donors (Lipinski definition) is 1. The Bertz CT molecular complexity index is 940. The van der Waals surface area contributed by atoms with Gasteiger partial charge >= 0.3 is 0 Å². The fourth-order valence-electron chi connectivity index (χ4n) is 4.58. The summed E-state index contributed by atoms with van der Waals surface area (Å²) in [5.41, 5.74) is 1.20. The van der Waals surface area contributed by atoms with Crippen molar-refractivity contribution in [3.05, 3.63) is 78.1 Å². The van der Waals surface area contributed by atoms with Gasteiger partial charge in [0.2, 0.25) is 0 Å². The predicted molar refractivity (Wildman–Crippen MR) is 122 cm³/mol. The van der Waals surface area contributed by atoms with Crippen molar-refractivity contribution in [2.24, 2.45) is 0 Å². The number of nitrogens with one attached hydrogen (secondary N) is 1. The first-order valence-corrected chi connectivity index (χ1v) is 11.3. The Morgan fingerprint density at radius 2 is 2.03 bits per heavy atom. The molecule has 0 unspecified atom stereocenters. The van der Waals surface area contributed by atoms with Gasteiger partial charge in [0.1, 0.15) is 18.2 Å². The van der Waals surface area contributed by atoms with E-state index in [1.54, 1.807) is 24.3 Å². The fourth-order valence-corrected chi connectivity index (χ4v) is 4.58. The maximum Gasteiger partial charge on any atom is 0.251 e. The summed E-state index contributed by atoms with van der Waals surface area (Å²) < 4.78 is 25.9. The molecule has 1 atom stereocenters. The fraction of sp³-hybridized carbons (Fsp3) is 0.423. The van der Waals surface area contributed by atoms with Crippen molar-refractivity contribution in [1.29, 1.82) is 0 Å². The van der Waals surface area contributed by atoms with Crippen LogP contribution in [0.3, 0.4) is 0 Å². The smallest absolute Gasteiger partial charge is 0.251 e. The number of ether oxygens (including phenoxy) is 2. The molecule has 2 heterocycles. The normalized spacial score (nSPS) is 20.2. The SMILES string of the molecule is C=CCOc1cccc(C(=O)NC[C@@H]2CCC3(CCN(Cc4ccccc4F)CC3)O2)c1. The van der Waals surface area contributed by atoms with Gasteiger partial charge in [-0.25, -0.2) is 4.39 Å². The maximum atomic E-state index is 13.9. The van der Waals surface area contributed by atoms with Gasteiger partial charge in [0.25, 0.3) is 5.91 Å². The molecule has 1 N–H and O–H groups in total. The Morgan fingerprint density at radius 3 is 2.81 bits per heavy atom. The number of amides is 1. The van der Waals surface area contributed by atoms with Crippen molar-refractivity contribution in [3.8, 4) is 5.75 Å². The largest absolute Gasteiger partial charge is 0.490 e. The van der Waals surface area contributed by atoms with E-state index < -0.39 is 0 Å². The number of halogens is 1. The molecule has 4 rings (SSSR count). The zero-order chi connectivity index (χ0) is 22.4. The van der Waals surface area contributed by atoms with Gasteiger partial charge in [0.05, 0.1) is 11.7 Å². The summed E-state index contributed by atoms with van der Waals surface area (Å²) in [7, 11) is 0. The van der Waals surface area contributed by atoms with E-state index in [0.717, 1.165) is 44.3 Å². The molecule has 0 aliphatic carbocycles. The second kappa shape index (κ2) is 10.3. The summed E-state index contributed by atoms with van der Waals surface area (Å²) in [6, 6.07) is 14.1. The molecule has 2 aromatic rings. The zero-order valence-electron chi connectivity index (χ0n) is 18.4. The highest BCUT2D eigenvalue weighted by Crippen LogP contribution is 2.39. The number of rotatable bonds is 8. The van der Waals surface area contributed by atoms with Crippen LogP contribution in [0.2, 0.25) is 0 Å². The Kier molecular flexibility index (Phi) is 7.22. The summed E-state index contributed by atoms with van der Waals surface area (Å²) in [5, 5.41) is 3.00. The second-order valence-electron chi connectivity index (χ2n) is 8.67. The number of likely N-dealkylation sites (tertiary alicyclic amines) is 1. The number of nitrogens with zero attached hydrogens (tertiary/aromatic N) is 1. The number of piperidine rings is 1. The lowest BCUT2D eigenvalue weighted by Crippen LogP contribution is -2.45. The van der Waals surface area contributed by atoms with Crippen LogP contribution in [0.5, 0.6) is 5.75 Å². The van der Waals surface area contributed by atoms with Crippen LogP contribution >= 0.6 is 0 Å². The Labute approximate surface area is 189 Å². The summed E-state index contributed by atoms with van der Waals surface area (Å²) in [4.78, 5) is 14.9. The highest BCUT2D eigenvalue weighted by Gasteiger charge is 2.42. The van der Waals surface area contributed by atoms with Crippen LogP contribution in [0.15, 0.2) is 61.2 Å². The molecular formula is C26H31FN2O3. The van der Waals surface area contributed by atoms with E-state index in [0.29, 0.717) is 31.0 Å². The topological polar surface area (TPSA) is 50.8 Å². The van der Waals surface area contributed by atoms with Gasteiger partial charge < -0.3 is 14.8 Å². The molecule has 170 valence electrons. The van der Waals surface area contributed by atoms with Crippen molar-refractivity contribution in [2.75, 3.05) is 26.2 Å². The molecule has 0 bridgehead atoms. The summed E-state index contributed by atoms with van der Waals surface area (Å²) >= 11 is 0. The Morgan fingerprint density at radius 1 is 1.22 bits per heavy atom. The lowest BCUT2D eigenvalue weighted by molar-refractivity contribution is -0.0765. The lowest BCUT2D eigenvalue weighted by Gasteiger charge is -2.39. The van der Waals surface area contributed by atoms with E-state index in [9.17, 15) is 9.18 Å². The van der Waals surface area contributed by atoms with Crippen molar-refractivity contribution in [2.45, 2.75) is 43.9 Å². The highest BCUT2D eigenvalue weighted by molar-refractivity contribution is 5.94. The average molecular weight is 439 g/mol. The molecule has 2 aromatic carbocycles. The standard InChI is InChI=1S/C26H31FN2O3/c1-2-16-31-22-8-5-7-20(17-22)25(30)28-18-23-10-11-26(32-23)12-14-29(15-13-26)19-21-6-3-4-9-24(21)27/h2-9,17,23H,1,10-16,18-19H2,(H,28,30)/t23-/m0/s1. The van der Waals surface area contributed by atoms with E-state index in [4.69, 9.17) is 9.47 Å². The molecule has 2 aliphatic heterocycles. The van der Waals surface area contributed by atoms with E-state index in [2.05, 4.69) is 16.8 Å². The van der Waals surface area contributed by atoms with Crippen LogP contribution in [-0.2, 0) is 11.3 Å². The van der Waals surface area contributed by atoms with Gasteiger partial charge in [-0.05, 0) is 49.9 Å². The van der Waals surface area contributed by atoms with E-state index in [-0.39, 0.29) is 23.4 Å². The molecule has 2 saturated heterocycles. The molecule has 5 nitrogen and oxygen atoms in total. The summed E-state index contributed by atoms with van der Waals surface area (Å²) in [6.07, 6.45) is 5.52. The van der Waals surface area contributed by atoms with Crippen LogP contribution < -0.4 is 10.1 Å². The van der Waals surface area contributed by atoms with Crippen molar-refractivity contribution in [1.82, 2.24) is 10.2 Å². The van der Waals surface area contributed by atoms with Crippen molar-refractivity contribution in [3.63, 3.8) is 0 Å². The van der Waals surface area contributed by atoms with Gasteiger partial charge in [-0.2, -0.15) is 0 Å². The van der Waals surface area contributed by atoms with Crippen molar-refractivity contribution < 1.29 is 18.7 Å². The van der Waals surface area contributed by atoms with E-state index >= 15 is 0 Å². The summed E-state index contributed by atoms with van der Waals surface area (Å²) in [5.74, 6) is 0.382. The third kappa shape index (κ3) is 5.56. The van der Waals surface area contributed by atoms with Crippen LogP contribution in [0.4, 0.5) is 4.39 Å². The van der Waals surface area contributed by atoms with Gasteiger partial charge in [-0.3, -0.25) is 9.69 Å². The molecule has 32 heavy (non-hydrogen) atoms. The molecular weight excluding hydrogens is 407 g/mol. The molecule has 6 heteroatoms. The van der Waals surface area contributed by atoms with Crippen LogP contribution in [0, 0.1) is 5.82 Å². The number of carbonyl (C=O) groups is 1. The Balaban J connectivity index is 1.23. The van der Waals surface area contributed by atoms with Crippen LogP contribution in [0.25, 0.3) is 0 Å². The number of hydrogen-bond acceptors (Lipinski definition) is 4. The molecule has 2 aliphatic rings. The van der Waals surface area contributed by atoms with E-state index in [1.165, 1.54) is 6.07 Å². The molecule has 2 fully saturated rings. The third-order valence-corrected chi connectivity index (χ3v) is 6.41. The number of carbonyl (C=O) groups excluding carboxylic acids is 1. The monoisotopic (exact) mass is 438 g/mol. The molecule has 1 amide bonds. The maximum absolute atomic E-state index is 13.9. The minimum Gasteiger partial charge on any atom is -0.490 e. The third-order valence-electron chi connectivity index (χ3n) is 6.41. The van der Waals surface area contributed by atoms with Gasteiger partial charge in [0, 0.05) is 37.3 Å². The van der Waals surface area contributed by atoms with Gasteiger partial charge in [0.15, 0.2) is 0 Å². The Hall–Kier alpha value is -2.70. The van der Waals surface area contributed by atoms with Crippen LogP contribution in [0.1, 0.15) is 41.6 Å². The quantitative estimate of drug-likeness (QED) is 0.623. The second-order valence-corrected chi connectivity index (χ2v) is 8.67. The first-order chi connectivity index (χ1) is 15.6.